The van der Waals surface area contributed by atoms with Crippen LogP contribution in [0.3, 0.4) is 0 Å². The molecule has 0 fully saturated rings. The van der Waals surface area contributed by atoms with Crippen LogP contribution in [0, 0.1) is 0 Å². The summed E-state index contributed by atoms with van der Waals surface area (Å²) in [6.07, 6.45) is 0. The zero-order chi connectivity index (χ0) is 5.86. The third-order valence-electron chi connectivity index (χ3n) is 0.700. The predicted octanol–water partition coefficient (Wildman–Crippen LogP) is -0.268. The standard InChI is InChI=1S/C3H9NO2S/c1-3-4(2)7(5)6/h3H2,1-2H3,(H,5,6)/p-1. The summed E-state index contributed by atoms with van der Waals surface area (Å²) >= 11 is -2.03. The molecule has 0 aromatic rings. The average Bonchev–Trinajstić information content (AvgIpc) is 1.65. The molecule has 0 bridgehead atoms. The Labute approximate surface area is 45.7 Å². The van der Waals surface area contributed by atoms with Gasteiger partial charge in [0.05, 0.1) is 0 Å². The molecule has 0 aromatic heterocycles. The van der Waals surface area contributed by atoms with E-state index < -0.39 is 11.3 Å². The number of hydrogen-bond donors (Lipinski definition) is 0. The first-order valence-corrected chi connectivity index (χ1v) is 3.02. The largest absolute Gasteiger partial charge is 0.760 e. The van der Waals surface area contributed by atoms with Gasteiger partial charge in [-0.2, -0.15) is 0 Å². The molecule has 0 aromatic carbocycles. The number of nitrogens with zero attached hydrogens (tertiary/aromatic N) is 1. The predicted molar refractivity (Wildman–Crippen MR) is 27.2 cm³/mol. The fraction of sp³-hybridized carbons (Fsp3) is 1.00. The molecular weight excluding hydrogens is 114 g/mol. The Bertz CT molecular complexity index is 75.3. The zero-order valence-electron chi connectivity index (χ0n) is 4.38. The van der Waals surface area contributed by atoms with Crippen LogP contribution in [0.25, 0.3) is 0 Å². The second kappa shape index (κ2) is 3.12. The second-order valence-electron chi connectivity index (χ2n) is 1.16. The molecule has 1 atom stereocenters. The molecule has 3 nitrogen and oxygen atoms in total. The second-order valence-corrected chi connectivity index (χ2v) is 2.22. The highest BCUT2D eigenvalue weighted by molar-refractivity contribution is 7.76. The minimum absolute atomic E-state index is 0.538. The molecule has 0 saturated carbocycles. The molecule has 0 amide bonds. The Balaban J connectivity index is 3.34. The van der Waals surface area contributed by atoms with E-state index in [1.165, 1.54) is 11.4 Å². The van der Waals surface area contributed by atoms with Gasteiger partial charge in [0.2, 0.25) is 0 Å². The first-order chi connectivity index (χ1) is 3.18. The van der Waals surface area contributed by atoms with Gasteiger partial charge in [-0.1, -0.05) is 6.92 Å². The number of hydrogen-bond acceptors (Lipinski definition) is 2. The smallest absolute Gasteiger partial charge is 0.0206 e. The molecule has 0 rings (SSSR count). The lowest BCUT2D eigenvalue weighted by Gasteiger charge is -2.15. The van der Waals surface area contributed by atoms with Crippen molar-refractivity contribution in [1.82, 2.24) is 4.31 Å². The minimum Gasteiger partial charge on any atom is -0.760 e. The van der Waals surface area contributed by atoms with Crippen molar-refractivity contribution in [3.63, 3.8) is 0 Å². The zero-order valence-corrected chi connectivity index (χ0v) is 5.20. The molecule has 0 radical (unpaired) electrons. The van der Waals surface area contributed by atoms with Crippen LogP contribution >= 0.6 is 0 Å². The van der Waals surface area contributed by atoms with Crippen LogP contribution < -0.4 is 0 Å². The highest BCUT2D eigenvalue weighted by Crippen LogP contribution is 1.80. The van der Waals surface area contributed by atoms with Gasteiger partial charge in [-0.25, -0.2) is 4.31 Å². The van der Waals surface area contributed by atoms with Crippen molar-refractivity contribution in [3.05, 3.63) is 0 Å². The van der Waals surface area contributed by atoms with Crippen LogP contribution in [0.2, 0.25) is 0 Å². The van der Waals surface area contributed by atoms with Gasteiger partial charge in [0.25, 0.3) is 0 Å². The average molecular weight is 122 g/mol. The van der Waals surface area contributed by atoms with Crippen LogP contribution in [0.4, 0.5) is 0 Å². The van der Waals surface area contributed by atoms with E-state index in [0.717, 1.165) is 0 Å². The Morgan fingerprint density at radius 3 is 2.29 bits per heavy atom. The van der Waals surface area contributed by atoms with Gasteiger partial charge in [0.15, 0.2) is 0 Å². The first-order valence-electron chi connectivity index (χ1n) is 1.99. The summed E-state index contributed by atoms with van der Waals surface area (Å²) in [5.74, 6) is 0. The SMILES string of the molecule is CCN(C)S(=O)[O-]. The van der Waals surface area contributed by atoms with Crippen LogP contribution in [0.1, 0.15) is 6.92 Å². The van der Waals surface area contributed by atoms with E-state index in [0.29, 0.717) is 6.54 Å². The quantitative estimate of drug-likeness (QED) is 0.473. The molecule has 1 unspecified atom stereocenters. The maximum absolute atomic E-state index is 9.86. The summed E-state index contributed by atoms with van der Waals surface area (Å²) in [6.45, 7) is 2.31. The van der Waals surface area contributed by atoms with Gasteiger partial charge >= 0.3 is 0 Å². The summed E-state index contributed by atoms with van der Waals surface area (Å²) in [6, 6.07) is 0. The van der Waals surface area contributed by atoms with E-state index >= 15 is 0 Å². The minimum atomic E-state index is -2.03. The maximum Gasteiger partial charge on any atom is 0.0206 e. The molecule has 0 spiro atoms. The van der Waals surface area contributed by atoms with E-state index in [9.17, 15) is 8.76 Å². The molecule has 44 valence electrons. The molecule has 4 heteroatoms. The summed E-state index contributed by atoms with van der Waals surface area (Å²) < 4.78 is 20.9. The van der Waals surface area contributed by atoms with Crippen molar-refractivity contribution in [2.24, 2.45) is 0 Å². The van der Waals surface area contributed by atoms with E-state index in [1.54, 1.807) is 6.92 Å². The van der Waals surface area contributed by atoms with Crippen molar-refractivity contribution in [2.75, 3.05) is 13.6 Å². The van der Waals surface area contributed by atoms with Gasteiger partial charge in [0, 0.05) is 17.8 Å². The topological polar surface area (TPSA) is 43.4 Å². The fourth-order valence-corrected chi connectivity index (χ4v) is 0.316. The van der Waals surface area contributed by atoms with E-state index in [2.05, 4.69) is 0 Å². The molecule has 7 heavy (non-hydrogen) atoms. The van der Waals surface area contributed by atoms with Gasteiger partial charge in [-0.15, -0.1) is 0 Å². The molecule has 0 aliphatic rings. The van der Waals surface area contributed by atoms with E-state index in [4.69, 9.17) is 0 Å². The fourth-order valence-electron chi connectivity index (χ4n) is 0.105. The lowest BCUT2D eigenvalue weighted by molar-refractivity contribution is 0.445. The number of rotatable bonds is 2. The first kappa shape index (κ1) is 7.07. The molecule has 0 aliphatic heterocycles. The van der Waals surface area contributed by atoms with Crippen molar-refractivity contribution in [2.45, 2.75) is 6.92 Å². The Morgan fingerprint density at radius 1 is 1.86 bits per heavy atom. The highest BCUT2D eigenvalue weighted by Gasteiger charge is 1.87. The maximum atomic E-state index is 9.86. The summed E-state index contributed by atoms with van der Waals surface area (Å²) in [4.78, 5) is 0. The van der Waals surface area contributed by atoms with Gasteiger partial charge in [-0.05, 0) is 7.05 Å². The highest BCUT2D eigenvalue weighted by atomic mass is 32.2. The van der Waals surface area contributed by atoms with E-state index in [1.807, 2.05) is 0 Å². The van der Waals surface area contributed by atoms with Gasteiger partial charge in [0.1, 0.15) is 0 Å². The van der Waals surface area contributed by atoms with Crippen molar-refractivity contribution < 1.29 is 8.76 Å². The van der Waals surface area contributed by atoms with Crippen molar-refractivity contribution in [3.8, 4) is 0 Å². The molecule has 0 N–H and O–H groups in total. The van der Waals surface area contributed by atoms with Crippen molar-refractivity contribution >= 4 is 11.3 Å². The third-order valence-corrected chi connectivity index (χ3v) is 1.47. The Hall–Kier alpha value is 0.0700. The normalized spacial score (nSPS) is 14.9. The molecule has 0 saturated heterocycles. The van der Waals surface area contributed by atoms with Crippen LogP contribution in [-0.4, -0.2) is 26.7 Å². The summed E-state index contributed by atoms with van der Waals surface area (Å²) in [5.41, 5.74) is 0. The third kappa shape index (κ3) is 2.73. The lowest BCUT2D eigenvalue weighted by atomic mass is 10.8. The Kier molecular flexibility index (Phi) is 3.15. The molecule has 0 heterocycles. The van der Waals surface area contributed by atoms with Crippen molar-refractivity contribution in [1.29, 1.82) is 0 Å². The summed E-state index contributed by atoms with van der Waals surface area (Å²) in [5, 5.41) is 0. The van der Waals surface area contributed by atoms with Crippen LogP contribution in [0.5, 0.6) is 0 Å². The van der Waals surface area contributed by atoms with Crippen LogP contribution in [-0.2, 0) is 11.3 Å². The van der Waals surface area contributed by atoms with Crippen LogP contribution in [0.15, 0.2) is 0 Å². The Morgan fingerprint density at radius 2 is 2.29 bits per heavy atom. The summed E-state index contributed by atoms with van der Waals surface area (Å²) in [7, 11) is 1.52. The van der Waals surface area contributed by atoms with Gasteiger partial charge in [-0.3, -0.25) is 4.21 Å². The van der Waals surface area contributed by atoms with Gasteiger partial charge < -0.3 is 4.55 Å². The molecular formula is C3H8NO2S-. The monoisotopic (exact) mass is 122 g/mol. The lowest BCUT2D eigenvalue weighted by Crippen LogP contribution is -2.19. The molecule has 0 aliphatic carbocycles. The van der Waals surface area contributed by atoms with E-state index in [-0.39, 0.29) is 0 Å².